The van der Waals surface area contributed by atoms with Crippen LogP contribution in [0.15, 0.2) is 47.6 Å². The number of aromatic hydroxyl groups is 1. The van der Waals surface area contributed by atoms with E-state index in [9.17, 15) is 24.9 Å². The summed E-state index contributed by atoms with van der Waals surface area (Å²) in [6, 6.07) is 5.74. The quantitative estimate of drug-likeness (QED) is 0.191. The minimum Gasteiger partial charge on any atom is -0.507 e. The van der Waals surface area contributed by atoms with Crippen molar-refractivity contribution in [2.45, 2.75) is 74.5 Å². The summed E-state index contributed by atoms with van der Waals surface area (Å²) < 4.78 is 40.0. The summed E-state index contributed by atoms with van der Waals surface area (Å²) in [6.45, 7) is 3.42. The Morgan fingerprint density at radius 2 is 1.98 bits per heavy atom. The van der Waals surface area contributed by atoms with E-state index in [-0.39, 0.29) is 17.9 Å². The molecule has 0 amide bonds. The number of ether oxygens (including phenoxy) is 7. The lowest BCUT2D eigenvalue weighted by molar-refractivity contribution is -0.273. The lowest BCUT2D eigenvalue weighted by Gasteiger charge is -2.42. The van der Waals surface area contributed by atoms with Gasteiger partial charge in [0.05, 0.1) is 19.3 Å². The van der Waals surface area contributed by atoms with Gasteiger partial charge in [-0.1, -0.05) is 29.7 Å². The Balaban J connectivity index is 1.27. The van der Waals surface area contributed by atoms with Crippen molar-refractivity contribution < 1.29 is 58.1 Å². The Morgan fingerprint density at radius 3 is 2.71 bits per heavy atom. The molecule has 2 aromatic rings. The third-order valence-electron chi connectivity index (χ3n) is 9.23. The molecule has 3 fully saturated rings. The summed E-state index contributed by atoms with van der Waals surface area (Å²) in [5.41, 5.74) is 0.400. The molecule has 13 heteroatoms. The van der Waals surface area contributed by atoms with E-state index in [1.165, 1.54) is 13.2 Å². The molecule has 250 valence electrons. The molecule has 3 saturated heterocycles. The van der Waals surface area contributed by atoms with Crippen LogP contribution in [0.4, 0.5) is 4.79 Å². The first-order valence-electron chi connectivity index (χ1n) is 15.4. The van der Waals surface area contributed by atoms with Crippen molar-refractivity contribution in [3.05, 3.63) is 58.7 Å². The highest BCUT2D eigenvalue weighted by Crippen LogP contribution is 2.44. The fourth-order valence-corrected chi connectivity index (χ4v) is 6.50. The van der Waals surface area contributed by atoms with Gasteiger partial charge in [0.15, 0.2) is 24.6 Å². The number of cyclic esters (lactones) is 2. The maximum Gasteiger partial charge on any atom is 0.508 e. The number of benzene rings is 2. The molecule has 0 saturated carbocycles. The first kappa shape index (κ1) is 32.0. The molecule has 0 spiro atoms. The van der Waals surface area contributed by atoms with E-state index in [0.717, 1.165) is 10.9 Å². The van der Waals surface area contributed by atoms with Crippen molar-refractivity contribution in [1.29, 1.82) is 0 Å². The van der Waals surface area contributed by atoms with Gasteiger partial charge in [0.1, 0.15) is 42.0 Å². The molecule has 3 aliphatic heterocycles. The molecule has 2 aromatic carbocycles. The Kier molecular flexibility index (Phi) is 8.08. The molecule has 10 unspecified atom stereocenters. The largest absolute Gasteiger partial charge is 0.508 e. The highest BCUT2D eigenvalue weighted by molar-refractivity contribution is 6.08. The minimum absolute atomic E-state index is 0.0490. The summed E-state index contributed by atoms with van der Waals surface area (Å²) >= 11 is 0. The van der Waals surface area contributed by atoms with Crippen LogP contribution in [0.1, 0.15) is 22.8 Å². The molecule has 13 nitrogen and oxygen atoms in total. The number of fused-ring (bicyclic) bond motifs is 3. The number of phenols is 1. The Hall–Kier alpha value is -4.60. The van der Waals surface area contributed by atoms with Gasteiger partial charge >= 0.3 is 12.1 Å². The Bertz CT molecular complexity index is 1880. The molecule has 0 radical (unpaired) electrons. The van der Waals surface area contributed by atoms with Crippen molar-refractivity contribution in [3.63, 3.8) is 0 Å². The fraction of sp³-hybridized carbons (Fsp3) is 0.429. The van der Waals surface area contributed by atoms with Crippen LogP contribution in [0.5, 0.6) is 11.5 Å². The Labute approximate surface area is 275 Å². The summed E-state index contributed by atoms with van der Waals surface area (Å²) in [7, 11) is 3.10. The lowest BCUT2D eigenvalue weighted by atomic mass is 9.97. The zero-order valence-corrected chi connectivity index (χ0v) is 26.4. The third-order valence-corrected chi connectivity index (χ3v) is 9.23. The highest BCUT2D eigenvalue weighted by atomic mass is 16.8. The van der Waals surface area contributed by atoms with Gasteiger partial charge in [0.2, 0.25) is 5.60 Å². The number of epoxide rings is 1. The first-order valence-corrected chi connectivity index (χ1v) is 15.4. The standard InChI is InChI=1S/C35H33NO12/c1-16-12-19(42-4)14-22-20(16)8-9-23(37)27(22)32(40)45-24-13-18-10-11-35(26-15-43-34(41)46-26)25(48-35)7-5-6-21(18)31(24)47-33-28(36-3)30(39)29(38)17(2)44-33/h6,8-9,12-14,17,24-26,28-31,33,36-39H,15H2,1-4H3/b21-6+. The SMILES string of the molecule is CNC1C(OC2/C3=C/C#CC4OC4(C4COC(=O)O4)C#CC3=CC2OC(=O)c2c(O)ccc3c(C)cc(OC)cc23)OC(C)C(O)C1O. The van der Waals surface area contributed by atoms with Crippen molar-refractivity contribution in [2.75, 3.05) is 20.8 Å². The van der Waals surface area contributed by atoms with E-state index in [1.807, 2.05) is 13.0 Å². The predicted octanol–water partition coefficient (Wildman–Crippen LogP) is 1.39. The van der Waals surface area contributed by atoms with Crippen LogP contribution in [-0.4, -0.2) is 109 Å². The zero-order valence-electron chi connectivity index (χ0n) is 26.4. The van der Waals surface area contributed by atoms with Gasteiger partial charge in [-0.15, -0.1) is 0 Å². The second-order valence-corrected chi connectivity index (χ2v) is 12.1. The average Bonchev–Trinajstić information content (AvgIpc) is 3.39. The van der Waals surface area contributed by atoms with Crippen molar-refractivity contribution in [3.8, 4) is 35.2 Å². The van der Waals surface area contributed by atoms with E-state index >= 15 is 0 Å². The molecule has 0 aromatic heterocycles. The van der Waals surface area contributed by atoms with Gasteiger partial charge < -0.3 is 53.8 Å². The number of aryl methyl sites for hydroxylation is 1. The number of hydrogen-bond acceptors (Lipinski definition) is 13. The number of aliphatic hydroxyl groups excluding tert-OH is 2. The van der Waals surface area contributed by atoms with Crippen LogP contribution in [0.25, 0.3) is 10.8 Å². The number of likely N-dealkylation sites (N-methyl/N-ethyl adjacent to an activating group) is 1. The van der Waals surface area contributed by atoms with Crippen LogP contribution < -0.4 is 10.1 Å². The lowest BCUT2D eigenvalue weighted by Crippen LogP contribution is -2.62. The van der Waals surface area contributed by atoms with Gasteiger partial charge in [-0.25, -0.2) is 9.59 Å². The second kappa shape index (κ2) is 12.1. The number of rotatable bonds is 7. The summed E-state index contributed by atoms with van der Waals surface area (Å²) in [5, 5.41) is 36.3. The summed E-state index contributed by atoms with van der Waals surface area (Å²) in [6.07, 6.45) is -5.56. The zero-order chi connectivity index (χ0) is 33.9. The molecule has 4 N–H and O–H groups in total. The van der Waals surface area contributed by atoms with E-state index in [0.29, 0.717) is 22.3 Å². The van der Waals surface area contributed by atoms with Crippen LogP contribution in [-0.2, 0) is 28.4 Å². The molecule has 10 atom stereocenters. The molecule has 0 bridgehead atoms. The van der Waals surface area contributed by atoms with Crippen molar-refractivity contribution >= 4 is 22.9 Å². The normalized spacial score (nSPS) is 35.7. The number of phenolic OH excluding ortho intramolecular Hbond substituents is 1. The minimum atomic E-state index is -1.24. The number of allylic oxidation sites excluding steroid dienone is 1. The van der Waals surface area contributed by atoms with E-state index < -0.39 is 72.8 Å². The van der Waals surface area contributed by atoms with Crippen LogP contribution >= 0.6 is 0 Å². The van der Waals surface area contributed by atoms with Crippen LogP contribution in [0.2, 0.25) is 0 Å². The molecule has 3 heterocycles. The number of carbonyl (C=O) groups excluding carboxylic acids is 2. The molecule has 2 aliphatic carbocycles. The van der Waals surface area contributed by atoms with Gasteiger partial charge in [-0.3, -0.25) is 0 Å². The van der Waals surface area contributed by atoms with Gasteiger partial charge in [0.25, 0.3) is 0 Å². The number of aliphatic hydroxyl groups is 2. The topological polar surface area (TPSA) is 175 Å². The first-order chi connectivity index (χ1) is 23.0. The smallest absolute Gasteiger partial charge is 0.507 e. The van der Waals surface area contributed by atoms with Crippen molar-refractivity contribution in [2.24, 2.45) is 0 Å². The summed E-state index contributed by atoms with van der Waals surface area (Å²) in [4.78, 5) is 25.7. The van der Waals surface area contributed by atoms with Crippen LogP contribution in [0.3, 0.4) is 0 Å². The van der Waals surface area contributed by atoms with Gasteiger partial charge in [-0.2, -0.15) is 0 Å². The molecule has 5 aliphatic rings. The molecular weight excluding hydrogens is 626 g/mol. The number of methoxy groups -OCH3 is 1. The van der Waals surface area contributed by atoms with E-state index in [2.05, 4.69) is 29.0 Å². The average molecular weight is 660 g/mol. The summed E-state index contributed by atoms with van der Waals surface area (Å²) in [5.74, 6) is 11.4. The monoisotopic (exact) mass is 659 g/mol. The number of nitrogens with one attached hydrogen (secondary N) is 1. The van der Waals surface area contributed by atoms with Crippen LogP contribution in [0, 0.1) is 30.6 Å². The molecular formula is C35H33NO12. The third kappa shape index (κ3) is 5.35. The van der Waals surface area contributed by atoms with Gasteiger partial charge in [-0.05, 0) is 62.2 Å². The highest BCUT2D eigenvalue weighted by Gasteiger charge is 2.65. The number of hydrogen-bond donors (Lipinski definition) is 4. The van der Waals surface area contributed by atoms with E-state index in [1.54, 1.807) is 38.3 Å². The molecule has 48 heavy (non-hydrogen) atoms. The van der Waals surface area contributed by atoms with Crippen molar-refractivity contribution in [1.82, 2.24) is 5.32 Å². The van der Waals surface area contributed by atoms with E-state index in [4.69, 9.17) is 33.2 Å². The van der Waals surface area contributed by atoms with Gasteiger partial charge in [0, 0.05) is 16.5 Å². The number of esters is 1. The molecule has 7 rings (SSSR count). The number of carbonyl (C=O) groups is 2. The maximum absolute atomic E-state index is 14.0. The Morgan fingerprint density at radius 1 is 1.17 bits per heavy atom. The predicted molar refractivity (Wildman–Crippen MR) is 166 cm³/mol. The maximum atomic E-state index is 14.0. The fourth-order valence-electron chi connectivity index (χ4n) is 6.50. The second-order valence-electron chi connectivity index (χ2n) is 12.1.